The summed E-state index contributed by atoms with van der Waals surface area (Å²) in [7, 11) is 0. The van der Waals surface area contributed by atoms with Crippen molar-refractivity contribution in [1.29, 1.82) is 0 Å². The van der Waals surface area contributed by atoms with Crippen molar-refractivity contribution in [3.05, 3.63) is 47.5 Å². The lowest BCUT2D eigenvalue weighted by Crippen LogP contribution is -2.33. The van der Waals surface area contributed by atoms with E-state index in [0.29, 0.717) is 19.0 Å². The number of aliphatic imine (C=N–C) groups is 1. The fraction of sp³-hybridized carbons (Fsp3) is 0.526. The molecule has 0 bridgehead atoms. The Bertz CT molecular complexity index is 548. The fourth-order valence-corrected chi connectivity index (χ4v) is 2.79. The van der Waals surface area contributed by atoms with Crippen LogP contribution in [0.1, 0.15) is 37.8 Å². The van der Waals surface area contributed by atoms with Gasteiger partial charge in [-0.1, -0.05) is 43.3 Å². The number of halogens is 1. The average molecular weight is 442 g/mol. The third-order valence-electron chi connectivity index (χ3n) is 4.38. The van der Waals surface area contributed by atoms with Gasteiger partial charge in [0.15, 0.2) is 5.96 Å². The number of likely N-dealkylation sites (tertiary alicyclic amines) is 1. The second-order valence-corrected chi connectivity index (χ2v) is 6.74. The van der Waals surface area contributed by atoms with Crippen LogP contribution in [0.15, 0.2) is 41.4 Å². The summed E-state index contributed by atoms with van der Waals surface area (Å²) in [6, 6.07) is 8.54. The van der Waals surface area contributed by atoms with Gasteiger partial charge in [-0.25, -0.2) is 4.99 Å². The van der Waals surface area contributed by atoms with Crippen LogP contribution in [0.25, 0.3) is 0 Å². The van der Waals surface area contributed by atoms with E-state index in [1.807, 2.05) is 6.92 Å². The van der Waals surface area contributed by atoms with Gasteiger partial charge in [0.2, 0.25) is 0 Å². The van der Waals surface area contributed by atoms with Crippen molar-refractivity contribution >= 4 is 29.9 Å². The molecule has 5 heteroatoms. The lowest BCUT2D eigenvalue weighted by atomic mass is 9.98. The minimum absolute atomic E-state index is 0. The largest absolute Gasteiger partial charge is 0.370 e. The molecule has 1 aromatic rings. The Morgan fingerprint density at radius 2 is 1.92 bits per heavy atom. The van der Waals surface area contributed by atoms with E-state index < -0.39 is 0 Å². The van der Waals surface area contributed by atoms with E-state index in [-0.39, 0.29) is 24.0 Å². The van der Waals surface area contributed by atoms with Gasteiger partial charge in [-0.3, -0.25) is 4.90 Å². The number of nitrogens with zero attached hydrogens (tertiary/aromatic N) is 2. The summed E-state index contributed by atoms with van der Waals surface area (Å²) in [5.41, 5.74) is 9.57. The number of piperidine rings is 1. The Hall–Kier alpha value is -1.08. The first-order valence-electron chi connectivity index (χ1n) is 8.52. The second-order valence-electron chi connectivity index (χ2n) is 6.74. The molecule has 0 saturated carbocycles. The third kappa shape index (κ3) is 7.21. The van der Waals surface area contributed by atoms with Crippen LogP contribution in [-0.4, -0.2) is 30.5 Å². The number of benzene rings is 1. The number of nitrogens with two attached hydrogens (primary N) is 1. The normalized spacial score (nSPS) is 16.5. The molecule has 1 aliphatic rings. The van der Waals surface area contributed by atoms with E-state index in [9.17, 15) is 0 Å². The molecule has 1 saturated heterocycles. The molecular weight excluding hydrogens is 411 g/mol. The topological polar surface area (TPSA) is 53.6 Å². The minimum Gasteiger partial charge on any atom is -0.370 e. The predicted octanol–water partition coefficient (Wildman–Crippen LogP) is 3.52. The van der Waals surface area contributed by atoms with Crippen molar-refractivity contribution < 1.29 is 0 Å². The van der Waals surface area contributed by atoms with Crippen molar-refractivity contribution in [2.24, 2.45) is 16.6 Å². The summed E-state index contributed by atoms with van der Waals surface area (Å²) in [5.74, 6) is 1.35. The van der Waals surface area contributed by atoms with E-state index in [4.69, 9.17) is 5.73 Å². The summed E-state index contributed by atoms with van der Waals surface area (Å²) in [6.07, 6.45) is 2.61. The van der Waals surface area contributed by atoms with E-state index in [0.717, 1.165) is 18.0 Å². The average Bonchev–Trinajstić information content (AvgIpc) is 2.54. The van der Waals surface area contributed by atoms with E-state index >= 15 is 0 Å². The van der Waals surface area contributed by atoms with Crippen molar-refractivity contribution in [3.8, 4) is 0 Å². The van der Waals surface area contributed by atoms with Crippen molar-refractivity contribution in [3.63, 3.8) is 0 Å². The summed E-state index contributed by atoms with van der Waals surface area (Å²) in [4.78, 5) is 7.00. The molecule has 24 heavy (non-hydrogen) atoms. The van der Waals surface area contributed by atoms with Gasteiger partial charge in [0.1, 0.15) is 0 Å². The number of hydrogen-bond acceptors (Lipinski definition) is 2. The number of guanidine groups is 1. The number of hydrogen-bond donors (Lipinski definition) is 2. The first-order valence-corrected chi connectivity index (χ1v) is 8.52. The van der Waals surface area contributed by atoms with Gasteiger partial charge in [0.25, 0.3) is 0 Å². The predicted molar refractivity (Wildman–Crippen MR) is 114 cm³/mol. The van der Waals surface area contributed by atoms with Crippen LogP contribution in [0.2, 0.25) is 0 Å². The highest BCUT2D eigenvalue weighted by Crippen LogP contribution is 2.20. The van der Waals surface area contributed by atoms with Gasteiger partial charge in [-0.2, -0.15) is 0 Å². The Morgan fingerprint density at radius 1 is 1.29 bits per heavy atom. The van der Waals surface area contributed by atoms with Crippen molar-refractivity contribution in [1.82, 2.24) is 10.2 Å². The SMILES string of the molecule is C=C(C)CNC(N)=NCc1ccccc1CN1CCC(C)CC1.I. The third-order valence-corrected chi connectivity index (χ3v) is 4.38. The van der Waals surface area contributed by atoms with Crippen LogP contribution in [0.3, 0.4) is 0 Å². The Labute approximate surface area is 163 Å². The second kappa shape index (κ2) is 10.7. The quantitative estimate of drug-likeness (QED) is 0.307. The molecule has 0 radical (unpaired) electrons. The van der Waals surface area contributed by atoms with E-state index in [2.05, 4.69) is 53.0 Å². The van der Waals surface area contributed by atoms with Crippen LogP contribution in [-0.2, 0) is 13.1 Å². The van der Waals surface area contributed by atoms with Gasteiger partial charge in [-0.15, -0.1) is 24.0 Å². The molecule has 4 nitrogen and oxygen atoms in total. The smallest absolute Gasteiger partial charge is 0.189 e. The number of nitrogens with one attached hydrogen (secondary N) is 1. The zero-order valence-electron chi connectivity index (χ0n) is 14.9. The molecule has 0 aromatic heterocycles. The van der Waals surface area contributed by atoms with Crippen molar-refractivity contribution in [2.45, 2.75) is 39.8 Å². The molecule has 0 atom stereocenters. The summed E-state index contributed by atoms with van der Waals surface area (Å²) in [5, 5.41) is 3.08. The molecule has 0 spiro atoms. The lowest BCUT2D eigenvalue weighted by molar-refractivity contribution is 0.185. The maximum Gasteiger partial charge on any atom is 0.189 e. The molecule has 134 valence electrons. The fourth-order valence-electron chi connectivity index (χ4n) is 2.79. The highest BCUT2D eigenvalue weighted by atomic mass is 127. The highest BCUT2D eigenvalue weighted by molar-refractivity contribution is 14.0. The summed E-state index contributed by atoms with van der Waals surface area (Å²) < 4.78 is 0. The molecule has 1 heterocycles. The molecule has 1 aliphatic heterocycles. The van der Waals surface area contributed by atoms with Gasteiger partial charge in [0.05, 0.1) is 6.54 Å². The first kappa shape index (κ1) is 21.0. The molecule has 2 rings (SSSR count). The summed E-state index contributed by atoms with van der Waals surface area (Å²) >= 11 is 0. The van der Waals surface area contributed by atoms with Gasteiger partial charge in [-0.05, 0) is 49.9 Å². The van der Waals surface area contributed by atoms with Gasteiger partial charge >= 0.3 is 0 Å². The first-order chi connectivity index (χ1) is 11.0. The summed E-state index contributed by atoms with van der Waals surface area (Å²) in [6.45, 7) is 12.9. The Balaban J connectivity index is 0.00000288. The number of rotatable bonds is 6. The Morgan fingerprint density at radius 3 is 2.54 bits per heavy atom. The van der Waals surface area contributed by atoms with Gasteiger partial charge < -0.3 is 11.1 Å². The maximum absolute atomic E-state index is 5.91. The lowest BCUT2D eigenvalue weighted by Gasteiger charge is -2.30. The molecule has 0 amide bonds. The standard InChI is InChI=1S/C19H30N4.HI/c1-15(2)12-21-19(20)22-13-17-6-4-5-7-18(17)14-23-10-8-16(3)9-11-23;/h4-7,16H,1,8-14H2,2-3H3,(H3,20,21,22);1H. The van der Waals surface area contributed by atoms with Crippen LogP contribution >= 0.6 is 24.0 Å². The molecular formula is C19H31IN4. The van der Waals surface area contributed by atoms with Crippen molar-refractivity contribution in [2.75, 3.05) is 19.6 Å². The van der Waals surface area contributed by atoms with E-state index in [1.54, 1.807) is 0 Å². The van der Waals surface area contributed by atoms with Gasteiger partial charge in [0, 0.05) is 13.1 Å². The zero-order valence-corrected chi connectivity index (χ0v) is 17.3. The molecule has 1 fully saturated rings. The Kier molecular flexibility index (Phi) is 9.36. The van der Waals surface area contributed by atoms with Crippen LogP contribution in [0.5, 0.6) is 0 Å². The molecule has 0 unspecified atom stereocenters. The molecule has 3 N–H and O–H groups in total. The minimum atomic E-state index is 0. The maximum atomic E-state index is 5.91. The van der Waals surface area contributed by atoms with Crippen LogP contribution < -0.4 is 11.1 Å². The van der Waals surface area contributed by atoms with Crippen LogP contribution in [0.4, 0.5) is 0 Å². The molecule has 0 aliphatic carbocycles. The molecule has 1 aromatic carbocycles. The van der Waals surface area contributed by atoms with Crippen LogP contribution in [0, 0.1) is 5.92 Å². The zero-order chi connectivity index (χ0) is 16.7. The highest BCUT2D eigenvalue weighted by Gasteiger charge is 2.16. The monoisotopic (exact) mass is 442 g/mol. The van der Waals surface area contributed by atoms with E-state index in [1.165, 1.54) is 37.1 Å².